The monoisotopic (exact) mass is 319 g/mol. The van der Waals surface area contributed by atoms with E-state index >= 15 is 0 Å². The summed E-state index contributed by atoms with van der Waals surface area (Å²) in [7, 11) is 1.83. The van der Waals surface area contributed by atoms with E-state index in [4.69, 9.17) is 9.47 Å². The summed E-state index contributed by atoms with van der Waals surface area (Å²) >= 11 is 0. The molecule has 0 saturated carbocycles. The molecular formula is C20H33NO2. The molecule has 0 atom stereocenters. The van der Waals surface area contributed by atoms with Gasteiger partial charge in [-0.05, 0) is 51.2 Å². The van der Waals surface area contributed by atoms with Gasteiger partial charge in [-0.25, -0.2) is 0 Å². The van der Waals surface area contributed by atoms with E-state index in [0.717, 1.165) is 31.7 Å². The van der Waals surface area contributed by atoms with Crippen LogP contribution in [0.1, 0.15) is 50.7 Å². The minimum Gasteiger partial charge on any atom is -0.490 e. The lowest BCUT2D eigenvalue weighted by molar-refractivity contribution is -0.0885. The van der Waals surface area contributed by atoms with Crippen LogP contribution in [-0.2, 0) is 4.74 Å². The maximum Gasteiger partial charge on any atom is 0.122 e. The zero-order valence-electron chi connectivity index (χ0n) is 15.5. The van der Waals surface area contributed by atoms with Gasteiger partial charge in [-0.3, -0.25) is 0 Å². The van der Waals surface area contributed by atoms with E-state index in [1.807, 2.05) is 7.11 Å². The molecule has 130 valence electrons. The van der Waals surface area contributed by atoms with Crippen molar-refractivity contribution >= 4 is 0 Å². The summed E-state index contributed by atoms with van der Waals surface area (Å²) in [6.07, 6.45) is 4.56. The van der Waals surface area contributed by atoms with Crippen molar-refractivity contribution in [1.29, 1.82) is 0 Å². The lowest BCUT2D eigenvalue weighted by Gasteiger charge is -2.43. The predicted octanol–water partition coefficient (Wildman–Crippen LogP) is 4.35. The molecule has 0 unspecified atom stereocenters. The van der Waals surface area contributed by atoms with Crippen molar-refractivity contribution < 1.29 is 9.47 Å². The van der Waals surface area contributed by atoms with Crippen molar-refractivity contribution in [2.75, 3.05) is 26.8 Å². The standard InChI is InChI=1S/C20H33NO2/c1-6-18(7-2)21-12-10-20(22-5,11-13-21)15-23-19-9-8-16(3)14-17(19)4/h8-9,14,18H,6-7,10-13,15H2,1-5H3. The Morgan fingerprint density at radius 3 is 2.30 bits per heavy atom. The molecule has 1 fully saturated rings. The van der Waals surface area contributed by atoms with Crippen LogP contribution in [0.4, 0.5) is 0 Å². The highest BCUT2D eigenvalue weighted by Crippen LogP contribution is 2.30. The number of hydrogen-bond acceptors (Lipinski definition) is 3. The number of benzene rings is 1. The largest absolute Gasteiger partial charge is 0.490 e. The van der Waals surface area contributed by atoms with Gasteiger partial charge in [0.1, 0.15) is 18.0 Å². The van der Waals surface area contributed by atoms with E-state index in [-0.39, 0.29) is 5.60 Å². The van der Waals surface area contributed by atoms with Gasteiger partial charge < -0.3 is 14.4 Å². The fraction of sp³-hybridized carbons (Fsp3) is 0.700. The number of aryl methyl sites for hydroxylation is 2. The molecule has 1 aliphatic rings. The van der Waals surface area contributed by atoms with Crippen LogP contribution in [0.2, 0.25) is 0 Å². The van der Waals surface area contributed by atoms with Gasteiger partial charge in [0.25, 0.3) is 0 Å². The van der Waals surface area contributed by atoms with Crippen molar-refractivity contribution in [2.24, 2.45) is 0 Å². The van der Waals surface area contributed by atoms with E-state index in [1.165, 1.54) is 24.0 Å². The molecule has 1 aliphatic heterocycles. The third-order valence-electron chi connectivity index (χ3n) is 5.42. The van der Waals surface area contributed by atoms with Crippen molar-refractivity contribution in [1.82, 2.24) is 4.90 Å². The van der Waals surface area contributed by atoms with Gasteiger partial charge in [-0.1, -0.05) is 31.5 Å². The first-order valence-corrected chi connectivity index (χ1v) is 9.03. The maximum atomic E-state index is 6.13. The molecule has 0 spiro atoms. The molecule has 1 aromatic rings. The minimum atomic E-state index is -0.139. The Balaban J connectivity index is 1.95. The van der Waals surface area contributed by atoms with E-state index < -0.39 is 0 Å². The fourth-order valence-electron chi connectivity index (χ4n) is 3.68. The number of rotatable bonds is 7. The van der Waals surface area contributed by atoms with E-state index in [0.29, 0.717) is 12.6 Å². The van der Waals surface area contributed by atoms with Crippen molar-refractivity contribution in [2.45, 2.75) is 65.0 Å². The van der Waals surface area contributed by atoms with Gasteiger partial charge in [-0.2, -0.15) is 0 Å². The Bertz CT molecular complexity index is 488. The number of nitrogens with zero attached hydrogens (tertiary/aromatic N) is 1. The van der Waals surface area contributed by atoms with Gasteiger partial charge in [0.2, 0.25) is 0 Å². The normalized spacial score (nSPS) is 18.3. The molecule has 1 heterocycles. The molecule has 0 bridgehead atoms. The first kappa shape index (κ1) is 18.3. The third-order valence-corrected chi connectivity index (χ3v) is 5.42. The summed E-state index contributed by atoms with van der Waals surface area (Å²) < 4.78 is 12.0. The zero-order chi connectivity index (χ0) is 16.9. The average Bonchev–Trinajstić information content (AvgIpc) is 2.56. The lowest BCUT2D eigenvalue weighted by atomic mass is 9.90. The summed E-state index contributed by atoms with van der Waals surface area (Å²) in [6.45, 7) is 11.7. The first-order chi connectivity index (χ1) is 11.0. The highest BCUT2D eigenvalue weighted by atomic mass is 16.5. The topological polar surface area (TPSA) is 21.7 Å². The molecule has 3 nitrogen and oxygen atoms in total. The van der Waals surface area contributed by atoms with Gasteiger partial charge in [0, 0.05) is 26.2 Å². The van der Waals surface area contributed by atoms with Crippen LogP contribution in [-0.4, -0.2) is 43.3 Å². The average molecular weight is 319 g/mol. The Kier molecular flexibility index (Phi) is 6.49. The van der Waals surface area contributed by atoms with Gasteiger partial charge >= 0.3 is 0 Å². The molecule has 1 aromatic carbocycles. The summed E-state index contributed by atoms with van der Waals surface area (Å²) in [5.74, 6) is 0.981. The van der Waals surface area contributed by atoms with Crippen LogP contribution in [0.15, 0.2) is 18.2 Å². The molecule has 23 heavy (non-hydrogen) atoms. The second-order valence-corrected chi connectivity index (χ2v) is 6.95. The summed E-state index contributed by atoms with van der Waals surface area (Å²) in [6, 6.07) is 7.07. The predicted molar refractivity (Wildman–Crippen MR) is 96.3 cm³/mol. The van der Waals surface area contributed by atoms with E-state index in [9.17, 15) is 0 Å². The van der Waals surface area contributed by atoms with Gasteiger partial charge in [0.05, 0.1) is 0 Å². The smallest absolute Gasteiger partial charge is 0.122 e. The number of methoxy groups -OCH3 is 1. The summed E-state index contributed by atoms with van der Waals surface area (Å²) in [5, 5.41) is 0. The summed E-state index contributed by atoms with van der Waals surface area (Å²) in [4.78, 5) is 2.62. The molecule has 0 N–H and O–H groups in total. The minimum absolute atomic E-state index is 0.139. The van der Waals surface area contributed by atoms with E-state index in [2.05, 4.69) is 50.8 Å². The Labute approximate surface area is 142 Å². The number of piperidine rings is 1. The number of ether oxygens (including phenoxy) is 2. The molecule has 2 rings (SSSR count). The molecule has 1 saturated heterocycles. The number of likely N-dealkylation sites (tertiary alicyclic amines) is 1. The quantitative estimate of drug-likeness (QED) is 0.745. The summed E-state index contributed by atoms with van der Waals surface area (Å²) in [5.41, 5.74) is 2.33. The van der Waals surface area contributed by atoms with Crippen molar-refractivity contribution in [3.05, 3.63) is 29.3 Å². The second kappa shape index (κ2) is 8.16. The highest BCUT2D eigenvalue weighted by molar-refractivity contribution is 5.35. The Morgan fingerprint density at radius 1 is 1.13 bits per heavy atom. The zero-order valence-corrected chi connectivity index (χ0v) is 15.5. The molecule has 0 amide bonds. The maximum absolute atomic E-state index is 6.13. The van der Waals surface area contributed by atoms with Crippen LogP contribution in [0.3, 0.4) is 0 Å². The Morgan fingerprint density at radius 2 is 1.78 bits per heavy atom. The van der Waals surface area contributed by atoms with Crippen LogP contribution in [0.5, 0.6) is 5.75 Å². The SMILES string of the molecule is CCC(CC)N1CCC(COc2ccc(C)cc2C)(OC)CC1. The molecular weight excluding hydrogens is 286 g/mol. The van der Waals surface area contributed by atoms with Gasteiger partial charge in [0.15, 0.2) is 0 Å². The van der Waals surface area contributed by atoms with Crippen LogP contribution in [0, 0.1) is 13.8 Å². The molecule has 3 heteroatoms. The van der Waals surface area contributed by atoms with Gasteiger partial charge in [-0.15, -0.1) is 0 Å². The van der Waals surface area contributed by atoms with Crippen molar-refractivity contribution in [3.8, 4) is 5.75 Å². The third kappa shape index (κ3) is 4.48. The lowest BCUT2D eigenvalue weighted by Crippen LogP contribution is -2.51. The molecule has 0 aromatic heterocycles. The number of hydrogen-bond donors (Lipinski definition) is 0. The van der Waals surface area contributed by atoms with Crippen molar-refractivity contribution in [3.63, 3.8) is 0 Å². The second-order valence-electron chi connectivity index (χ2n) is 6.95. The van der Waals surface area contributed by atoms with Crippen LogP contribution in [0.25, 0.3) is 0 Å². The first-order valence-electron chi connectivity index (χ1n) is 9.03. The molecule has 0 aliphatic carbocycles. The van der Waals surface area contributed by atoms with E-state index in [1.54, 1.807) is 0 Å². The van der Waals surface area contributed by atoms with Crippen LogP contribution >= 0.6 is 0 Å². The molecule has 0 radical (unpaired) electrons. The fourth-order valence-corrected chi connectivity index (χ4v) is 3.68. The van der Waals surface area contributed by atoms with Crippen LogP contribution < -0.4 is 4.74 Å². The Hall–Kier alpha value is -1.06. The highest BCUT2D eigenvalue weighted by Gasteiger charge is 2.36.